The number of rotatable bonds is 4. The molecule has 0 aromatic rings. The Labute approximate surface area is 86.1 Å². The molecule has 0 amide bonds. The lowest BCUT2D eigenvalue weighted by Gasteiger charge is -2.20. The molecule has 0 atom stereocenters. The highest BCUT2D eigenvalue weighted by Gasteiger charge is 2.29. The molecule has 0 aliphatic rings. The molecule has 0 heterocycles. The van der Waals surface area contributed by atoms with Crippen LogP contribution in [0.5, 0.6) is 0 Å². The van der Waals surface area contributed by atoms with Crippen LogP contribution in [0.4, 0.5) is 13.2 Å². The number of hydrogen-bond donors (Lipinski definition) is 2. The van der Waals surface area contributed by atoms with Crippen molar-refractivity contribution in [2.24, 2.45) is 0 Å². The molecule has 0 saturated heterocycles. The molecule has 0 unspecified atom stereocenters. The zero-order valence-electron chi connectivity index (χ0n) is 8.47. The van der Waals surface area contributed by atoms with Crippen LogP contribution in [0.25, 0.3) is 0 Å². The smallest absolute Gasteiger partial charge is 0.276 e. The van der Waals surface area contributed by atoms with Gasteiger partial charge in [0.2, 0.25) is 0 Å². The van der Waals surface area contributed by atoms with Crippen molar-refractivity contribution >= 4 is 10.2 Å². The first-order valence-electron chi connectivity index (χ1n) is 3.90. The fraction of sp³-hybridized carbons (Fsp3) is 1.00. The average Bonchev–Trinajstić information content (AvgIpc) is 1.75. The summed E-state index contributed by atoms with van der Waals surface area (Å²) in [6.45, 7) is 2.93. The Kier molecular flexibility index (Phi) is 4.52. The van der Waals surface area contributed by atoms with Crippen LogP contribution < -0.4 is 9.61 Å². The van der Waals surface area contributed by atoms with Gasteiger partial charge in [-0.25, -0.2) is 0 Å². The molecule has 0 radical (unpaired) electrons. The van der Waals surface area contributed by atoms with Gasteiger partial charge in [0.05, 0.1) is 0 Å². The normalized spacial score (nSPS) is 14.3. The van der Waals surface area contributed by atoms with Crippen LogP contribution in [0.3, 0.4) is 0 Å². The van der Waals surface area contributed by atoms with Crippen molar-refractivity contribution in [2.45, 2.75) is 32.5 Å². The summed E-state index contributed by atoms with van der Waals surface area (Å²) >= 11 is 0. The van der Waals surface area contributed by atoms with E-state index in [2.05, 4.69) is 9.56 Å². The van der Waals surface area contributed by atoms with Crippen LogP contribution in [-0.4, -0.2) is 26.7 Å². The van der Waals surface area contributed by atoms with Crippen LogP contribution >= 0.6 is 0 Å². The van der Waals surface area contributed by atoms with E-state index < -0.39 is 28.5 Å². The molecule has 0 bridgehead atoms. The lowest BCUT2D eigenvalue weighted by molar-refractivity contribution is -0.181. The quantitative estimate of drug-likeness (QED) is 0.722. The second-order valence-corrected chi connectivity index (χ2v) is 5.22. The molecule has 0 aromatic heterocycles. The Morgan fingerprint density at radius 2 is 1.67 bits per heavy atom. The van der Waals surface area contributed by atoms with Crippen molar-refractivity contribution in [2.75, 3.05) is 6.61 Å². The average molecular weight is 250 g/mol. The van der Waals surface area contributed by atoms with E-state index >= 15 is 0 Å². The first-order valence-corrected chi connectivity index (χ1v) is 5.39. The monoisotopic (exact) mass is 250 g/mol. The summed E-state index contributed by atoms with van der Waals surface area (Å²) in [5.74, 6) is 0. The van der Waals surface area contributed by atoms with E-state index in [1.165, 1.54) is 25.7 Å². The molecule has 0 rings (SSSR count). The van der Waals surface area contributed by atoms with Gasteiger partial charge in [-0.3, -0.25) is 4.84 Å². The number of halogens is 3. The van der Waals surface area contributed by atoms with Gasteiger partial charge in [0.1, 0.15) is 0 Å². The van der Waals surface area contributed by atoms with Crippen molar-refractivity contribution in [3.8, 4) is 0 Å². The SMILES string of the molecule is CC(C)(C)NS(=O)(=O)NOCC(F)(F)F. The van der Waals surface area contributed by atoms with Gasteiger partial charge in [0.25, 0.3) is 10.2 Å². The second kappa shape index (κ2) is 4.64. The van der Waals surface area contributed by atoms with Crippen molar-refractivity contribution in [1.29, 1.82) is 0 Å². The van der Waals surface area contributed by atoms with E-state index in [0.29, 0.717) is 0 Å². The maximum absolute atomic E-state index is 11.6. The molecular weight excluding hydrogens is 237 g/mol. The highest BCUT2D eigenvalue weighted by molar-refractivity contribution is 7.87. The van der Waals surface area contributed by atoms with Crippen LogP contribution in [0.15, 0.2) is 0 Å². The topological polar surface area (TPSA) is 67.4 Å². The standard InChI is InChI=1S/C6H13F3N2O3S/c1-5(2,3)10-15(12,13)11-14-4-6(7,8)9/h10-11H,4H2,1-3H3. The number of alkyl halides is 3. The van der Waals surface area contributed by atoms with Gasteiger partial charge in [-0.15, -0.1) is 0 Å². The molecule has 9 heteroatoms. The fourth-order valence-corrected chi connectivity index (χ4v) is 1.67. The maximum Gasteiger partial charge on any atom is 0.413 e. The zero-order chi connectivity index (χ0) is 12.3. The van der Waals surface area contributed by atoms with Gasteiger partial charge in [0.15, 0.2) is 6.61 Å². The molecule has 0 fully saturated rings. The largest absolute Gasteiger partial charge is 0.413 e. The Morgan fingerprint density at radius 3 is 2.00 bits per heavy atom. The van der Waals surface area contributed by atoms with E-state index in [1.54, 1.807) is 0 Å². The van der Waals surface area contributed by atoms with E-state index in [9.17, 15) is 21.6 Å². The Bertz CT molecular complexity index is 294. The van der Waals surface area contributed by atoms with Gasteiger partial charge in [0, 0.05) is 5.54 Å². The summed E-state index contributed by atoms with van der Waals surface area (Å²) in [5.41, 5.74) is -0.798. The van der Waals surface area contributed by atoms with E-state index in [4.69, 9.17) is 0 Å². The molecule has 92 valence electrons. The molecule has 5 nitrogen and oxygen atoms in total. The predicted octanol–water partition coefficient (Wildman–Crippen LogP) is 0.703. The summed E-state index contributed by atoms with van der Waals surface area (Å²) < 4.78 is 58.9. The zero-order valence-corrected chi connectivity index (χ0v) is 9.29. The third-order valence-corrected chi connectivity index (χ3v) is 2.06. The molecule has 2 N–H and O–H groups in total. The minimum atomic E-state index is -4.58. The van der Waals surface area contributed by atoms with Gasteiger partial charge >= 0.3 is 6.18 Å². The molecule has 15 heavy (non-hydrogen) atoms. The van der Waals surface area contributed by atoms with Crippen molar-refractivity contribution in [3.05, 3.63) is 0 Å². The third-order valence-electron chi connectivity index (χ3n) is 0.845. The molecule has 0 spiro atoms. The summed E-state index contributed by atoms with van der Waals surface area (Å²) in [6, 6.07) is 0. The van der Waals surface area contributed by atoms with Gasteiger partial charge in [-0.05, 0) is 20.8 Å². The fourth-order valence-electron chi connectivity index (χ4n) is 0.613. The Balaban J connectivity index is 4.08. The van der Waals surface area contributed by atoms with Crippen molar-refractivity contribution in [1.82, 2.24) is 9.61 Å². The Hall–Kier alpha value is -0.380. The van der Waals surface area contributed by atoms with Gasteiger partial charge in [-0.2, -0.15) is 26.3 Å². The molecular formula is C6H13F3N2O3S. The Morgan fingerprint density at radius 1 is 1.20 bits per heavy atom. The van der Waals surface area contributed by atoms with Crippen LogP contribution in [-0.2, 0) is 15.0 Å². The minimum Gasteiger partial charge on any atom is -0.276 e. The predicted molar refractivity (Wildman–Crippen MR) is 47.0 cm³/mol. The summed E-state index contributed by atoms with van der Waals surface area (Å²) in [7, 11) is -4.08. The summed E-state index contributed by atoms with van der Waals surface area (Å²) in [5, 5.41) is 0. The van der Waals surface area contributed by atoms with Crippen LogP contribution in [0.2, 0.25) is 0 Å². The van der Waals surface area contributed by atoms with Crippen LogP contribution in [0.1, 0.15) is 20.8 Å². The summed E-state index contributed by atoms with van der Waals surface area (Å²) in [6.07, 6.45) is -4.58. The van der Waals surface area contributed by atoms with E-state index in [1.807, 2.05) is 0 Å². The molecule has 0 aliphatic heterocycles. The molecule has 0 aliphatic carbocycles. The maximum atomic E-state index is 11.6. The van der Waals surface area contributed by atoms with Gasteiger partial charge in [-0.1, -0.05) is 4.89 Å². The third kappa shape index (κ3) is 9.91. The van der Waals surface area contributed by atoms with Gasteiger partial charge < -0.3 is 0 Å². The molecule has 0 aromatic carbocycles. The highest BCUT2D eigenvalue weighted by atomic mass is 32.2. The van der Waals surface area contributed by atoms with Crippen molar-refractivity contribution < 1.29 is 26.4 Å². The van der Waals surface area contributed by atoms with Crippen molar-refractivity contribution in [3.63, 3.8) is 0 Å². The first-order chi connectivity index (χ1) is 6.41. The number of hydrogen-bond acceptors (Lipinski definition) is 3. The van der Waals surface area contributed by atoms with E-state index in [0.717, 1.165) is 0 Å². The summed E-state index contributed by atoms with van der Waals surface area (Å²) in [4.78, 5) is 5.10. The minimum absolute atomic E-state index is 0.798. The van der Waals surface area contributed by atoms with Crippen LogP contribution in [0, 0.1) is 0 Å². The second-order valence-electron chi connectivity index (χ2n) is 3.84. The first kappa shape index (κ1) is 14.6. The number of nitrogens with one attached hydrogen (secondary N) is 2. The highest BCUT2D eigenvalue weighted by Crippen LogP contribution is 2.13. The molecule has 0 saturated carbocycles. The lowest BCUT2D eigenvalue weighted by atomic mass is 10.1. The van der Waals surface area contributed by atoms with E-state index in [-0.39, 0.29) is 0 Å². The lowest BCUT2D eigenvalue weighted by Crippen LogP contribution is -2.47.